The summed E-state index contributed by atoms with van der Waals surface area (Å²) in [5, 5.41) is 0. The van der Waals surface area contributed by atoms with Crippen LogP contribution in [0.5, 0.6) is 0 Å². The van der Waals surface area contributed by atoms with Crippen molar-refractivity contribution >= 4 is 0 Å². The Hall–Kier alpha value is -0.626. The summed E-state index contributed by atoms with van der Waals surface area (Å²) in [6, 6.07) is 29.1. The Bertz CT molecular complexity index is 765. The Kier molecular flexibility index (Phi) is 13.6. The molecule has 0 amide bonds. The van der Waals surface area contributed by atoms with Crippen molar-refractivity contribution in [2.24, 2.45) is 5.41 Å². The first-order chi connectivity index (χ1) is 12.0. The summed E-state index contributed by atoms with van der Waals surface area (Å²) in [5.41, 5.74) is 5.44. The topological polar surface area (TPSA) is 0 Å². The van der Waals surface area contributed by atoms with Gasteiger partial charge in [0.05, 0.1) is 0 Å². The van der Waals surface area contributed by atoms with Gasteiger partial charge in [-0.05, 0) is 16.5 Å². The number of benzene rings is 2. The fraction of sp³-hybridized carbons (Fsp3) is 0.320. The summed E-state index contributed by atoms with van der Waals surface area (Å²) in [4.78, 5) is 0. The molecule has 0 unspecified atom stereocenters. The van der Waals surface area contributed by atoms with E-state index in [1.807, 2.05) is 0 Å². The van der Waals surface area contributed by atoms with E-state index in [1.54, 1.807) is 0 Å². The second-order valence-corrected chi connectivity index (χ2v) is 7.99. The largest absolute Gasteiger partial charge is 4.00 e. The quantitative estimate of drug-likeness (QED) is 0.284. The van der Waals surface area contributed by atoms with E-state index < -0.39 is 0 Å². The van der Waals surface area contributed by atoms with Crippen molar-refractivity contribution in [2.75, 3.05) is 0 Å². The molecule has 0 N–H and O–H groups in total. The molecular formula is C25H29Cl3Ti. The second-order valence-electron chi connectivity index (χ2n) is 7.99. The molecule has 4 heteroatoms. The van der Waals surface area contributed by atoms with Crippen molar-refractivity contribution in [3.63, 3.8) is 0 Å². The maximum absolute atomic E-state index is 2.43. The van der Waals surface area contributed by atoms with Gasteiger partial charge in [0.2, 0.25) is 0 Å². The van der Waals surface area contributed by atoms with Gasteiger partial charge in [0.15, 0.2) is 0 Å². The molecule has 0 bridgehead atoms. The van der Waals surface area contributed by atoms with Crippen molar-refractivity contribution in [3.05, 3.63) is 101 Å². The second kappa shape index (κ2) is 12.9. The summed E-state index contributed by atoms with van der Waals surface area (Å²) >= 11 is 0. The monoisotopic (exact) mass is 482 g/mol. The van der Waals surface area contributed by atoms with Crippen molar-refractivity contribution in [2.45, 2.75) is 46.0 Å². The van der Waals surface area contributed by atoms with Gasteiger partial charge in [-0.1, -0.05) is 101 Å². The molecule has 0 heterocycles. The number of aryl methyl sites for hydroxylation is 1. The SMILES string of the molecule is CCCc1cc[c-](C(c2ccccc2)(c2ccccc2)C(C)(C)C)c1.[Cl-].[Cl-].[Cl-].[Ti+4]. The van der Waals surface area contributed by atoms with Crippen LogP contribution < -0.4 is 37.2 Å². The smallest absolute Gasteiger partial charge is 1.00 e. The summed E-state index contributed by atoms with van der Waals surface area (Å²) in [6.07, 6.45) is 2.33. The van der Waals surface area contributed by atoms with Crippen LogP contribution in [0.3, 0.4) is 0 Å². The molecule has 0 aliphatic heterocycles. The Morgan fingerprint density at radius 2 is 1.17 bits per heavy atom. The van der Waals surface area contributed by atoms with Gasteiger partial charge in [0.1, 0.15) is 0 Å². The minimum absolute atomic E-state index is 0. The van der Waals surface area contributed by atoms with Gasteiger partial charge in [-0.25, -0.2) is 6.07 Å². The average Bonchev–Trinajstić information content (AvgIpc) is 3.05. The van der Waals surface area contributed by atoms with E-state index in [4.69, 9.17) is 0 Å². The van der Waals surface area contributed by atoms with Gasteiger partial charge in [-0.2, -0.15) is 17.7 Å². The van der Waals surface area contributed by atoms with E-state index in [1.165, 1.54) is 28.7 Å². The molecule has 3 aromatic carbocycles. The van der Waals surface area contributed by atoms with Crippen LogP contribution in [0.2, 0.25) is 0 Å². The molecule has 0 spiro atoms. The van der Waals surface area contributed by atoms with Crippen LogP contribution in [0.15, 0.2) is 78.9 Å². The number of halogens is 3. The molecule has 154 valence electrons. The van der Waals surface area contributed by atoms with Crippen LogP contribution in [0.25, 0.3) is 0 Å². The normalized spacial score (nSPS) is 10.6. The fourth-order valence-electron chi connectivity index (χ4n) is 4.35. The van der Waals surface area contributed by atoms with Crippen LogP contribution in [-0.2, 0) is 33.6 Å². The van der Waals surface area contributed by atoms with Gasteiger partial charge in [-0.15, -0.1) is 5.56 Å². The standard InChI is InChI=1S/C25H29.3ClH.Ti/c1-5-12-20-17-18-23(19-20)25(24(2,3)4,21-13-8-6-9-14-21)22-15-10-7-11-16-22;;;;/h6-11,13-19H,5,12H2,1-4H3;3*1H;/q-1;;;;+4/p-3. The predicted octanol–water partition coefficient (Wildman–Crippen LogP) is -2.25. The van der Waals surface area contributed by atoms with Crippen LogP contribution in [-0.4, -0.2) is 0 Å². The van der Waals surface area contributed by atoms with E-state index in [0.717, 1.165) is 6.42 Å². The number of hydrogen-bond donors (Lipinski definition) is 0. The van der Waals surface area contributed by atoms with Crippen LogP contribution >= 0.6 is 0 Å². The summed E-state index contributed by atoms with van der Waals surface area (Å²) in [6.45, 7) is 9.33. The molecule has 0 nitrogen and oxygen atoms in total. The van der Waals surface area contributed by atoms with Gasteiger partial charge >= 0.3 is 21.7 Å². The third kappa shape index (κ3) is 5.96. The van der Waals surface area contributed by atoms with Crippen molar-refractivity contribution in [3.8, 4) is 0 Å². The van der Waals surface area contributed by atoms with E-state index in [2.05, 4.69) is 107 Å². The van der Waals surface area contributed by atoms with Crippen LogP contribution in [0.4, 0.5) is 0 Å². The minimum Gasteiger partial charge on any atom is -1.00 e. The molecule has 3 rings (SSSR count). The predicted molar refractivity (Wildman–Crippen MR) is 108 cm³/mol. The fourth-order valence-corrected chi connectivity index (χ4v) is 4.35. The van der Waals surface area contributed by atoms with Gasteiger partial charge in [-0.3, -0.25) is 0 Å². The molecule has 0 atom stereocenters. The molecule has 0 saturated heterocycles. The number of hydrogen-bond acceptors (Lipinski definition) is 0. The zero-order valence-electron chi connectivity index (χ0n) is 17.6. The zero-order chi connectivity index (χ0) is 17.9. The van der Waals surface area contributed by atoms with Crippen LogP contribution in [0, 0.1) is 5.41 Å². The first kappa shape index (κ1) is 30.6. The Morgan fingerprint density at radius 1 is 0.724 bits per heavy atom. The van der Waals surface area contributed by atoms with Crippen molar-refractivity contribution in [1.82, 2.24) is 0 Å². The maximum Gasteiger partial charge on any atom is 4.00 e. The molecule has 29 heavy (non-hydrogen) atoms. The third-order valence-corrected chi connectivity index (χ3v) is 5.33. The van der Waals surface area contributed by atoms with Crippen molar-refractivity contribution in [1.29, 1.82) is 0 Å². The Balaban J connectivity index is 0. The molecular weight excluding hydrogens is 455 g/mol. The molecule has 0 fully saturated rings. The van der Waals surface area contributed by atoms with E-state index in [0.29, 0.717) is 0 Å². The van der Waals surface area contributed by atoms with E-state index in [-0.39, 0.29) is 69.8 Å². The minimum atomic E-state index is -0.165. The molecule has 0 aliphatic carbocycles. The third-order valence-electron chi connectivity index (χ3n) is 5.33. The molecule has 0 radical (unpaired) electrons. The Labute approximate surface area is 210 Å². The van der Waals surface area contributed by atoms with Gasteiger partial charge < -0.3 is 37.2 Å². The molecule has 0 aliphatic rings. The van der Waals surface area contributed by atoms with Crippen molar-refractivity contribution < 1.29 is 58.9 Å². The van der Waals surface area contributed by atoms with Crippen LogP contribution in [0.1, 0.15) is 56.4 Å². The first-order valence-corrected chi connectivity index (χ1v) is 9.37. The first-order valence-electron chi connectivity index (χ1n) is 9.37. The maximum atomic E-state index is 2.43. The summed E-state index contributed by atoms with van der Waals surface area (Å²) in [7, 11) is 0. The van der Waals surface area contributed by atoms with E-state index >= 15 is 0 Å². The van der Waals surface area contributed by atoms with Gasteiger partial charge in [0, 0.05) is 5.41 Å². The zero-order valence-corrected chi connectivity index (χ0v) is 21.4. The molecule has 0 aromatic heterocycles. The molecule has 0 saturated carbocycles. The van der Waals surface area contributed by atoms with E-state index in [9.17, 15) is 0 Å². The average molecular weight is 484 g/mol. The molecule has 3 aromatic rings. The van der Waals surface area contributed by atoms with Gasteiger partial charge in [0.25, 0.3) is 0 Å². The number of rotatable bonds is 5. The Morgan fingerprint density at radius 3 is 1.55 bits per heavy atom. The summed E-state index contributed by atoms with van der Waals surface area (Å²) in [5.74, 6) is 0. The summed E-state index contributed by atoms with van der Waals surface area (Å²) < 4.78 is 0.